The lowest BCUT2D eigenvalue weighted by Gasteiger charge is -2.12. The largest absolute Gasteiger partial charge is 0.398 e. The molecule has 3 N–H and O–H groups in total. The Morgan fingerprint density at radius 3 is 2.55 bits per heavy atom. The smallest absolute Gasteiger partial charge is 0.262 e. The third-order valence-electron chi connectivity index (χ3n) is 2.79. The molecule has 2 aromatic rings. The zero-order valence-corrected chi connectivity index (χ0v) is 12.9. The molecule has 0 saturated carbocycles. The minimum atomic E-state index is -3.78. The number of halogens is 2. The molecule has 0 bridgehead atoms. The fourth-order valence-electron chi connectivity index (χ4n) is 1.70. The summed E-state index contributed by atoms with van der Waals surface area (Å²) >= 11 is 11.8. The van der Waals surface area contributed by atoms with Crippen LogP contribution in [-0.4, -0.2) is 8.42 Å². The molecule has 0 aliphatic heterocycles. The van der Waals surface area contributed by atoms with Crippen LogP contribution in [0.2, 0.25) is 10.0 Å². The monoisotopic (exact) mass is 330 g/mol. The SMILES string of the molecule is Cc1c(N)cccc1S(=O)(=O)Nc1cc(Cl)ccc1Cl. The predicted octanol–water partition coefficient (Wildman–Crippen LogP) is 3.68. The van der Waals surface area contributed by atoms with Gasteiger partial charge in [-0.3, -0.25) is 4.72 Å². The van der Waals surface area contributed by atoms with Gasteiger partial charge >= 0.3 is 0 Å². The highest BCUT2D eigenvalue weighted by atomic mass is 35.5. The average molecular weight is 331 g/mol. The molecule has 0 amide bonds. The van der Waals surface area contributed by atoms with Crippen LogP contribution in [0.1, 0.15) is 5.56 Å². The second-order valence-corrected chi connectivity index (χ2v) is 6.69. The topological polar surface area (TPSA) is 72.2 Å². The standard InChI is InChI=1S/C13H12Cl2N2O2S/c1-8-11(16)3-2-4-13(8)20(18,19)17-12-7-9(14)5-6-10(12)15/h2-7,17H,16H2,1H3. The van der Waals surface area contributed by atoms with Gasteiger partial charge in [0, 0.05) is 10.7 Å². The lowest BCUT2D eigenvalue weighted by Crippen LogP contribution is -2.15. The van der Waals surface area contributed by atoms with Crippen molar-refractivity contribution in [3.8, 4) is 0 Å². The number of anilines is 2. The Morgan fingerprint density at radius 1 is 1.15 bits per heavy atom. The van der Waals surface area contributed by atoms with Crippen LogP contribution in [0.25, 0.3) is 0 Å². The summed E-state index contributed by atoms with van der Waals surface area (Å²) in [6.45, 7) is 1.64. The summed E-state index contributed by atoms with van der Waals surface area (Å²) in [7, 11) is -3.78. The molecule has 106 valence electrons. The van der Waals surface area contributed by atoms with Crippen molar-refractivity contribution in [3.63, 3.8) is 0 Å². The number of hydrogen-bond acceptors (Lipinski definition) is 3. The van der Waals surface area contributed by atoms with Crippen molar-refractivity contribution in [1.29, 1.82) is 0 Å². The van der Waals surface area contributed by atoms with E-state index in [2.05, 4.69) is 4.72 Å². The molecule has 2 rings (SSSR count). The first kappa shape index (κ1) is 15.0. The number of nitrogens with one attached hydrogen (secondary N) is 1. The molecule has 4 nitrogen and oxygen atoms in total. The normalized spacial score (nSPS) is 11.3. The van der Waals surface area contributed by atoms with Crippen molar-refractivity contribution in [2.45, 2.75) is 11.8 Å². The van der Waals surface area contributed by atoms with E-state index in [-0.39, 0.29) is 15.6 Å². The maximum absolute atomic E-state index is 12.4. The highest BCUT2D eigenvalue weighted by molar-refractivity contribution is 7.92. The van der Waals surface area contributed by atoms with Gasteiger partial charge in [0.15, 0.2) is 0 Å². The summed E-state index contributed by atoms with van der Waals surface area (Å²) in [6.07, 6.45) is 0. The average Bonchev–Trinajstić information content (AvgIpc) is 2.36. The maximum Gasteiger partial charge on any atom is 0.262 e. The van der Waals surface area contributed by atoms with Gasteiger partial charge < -0.3 is 5.73 Å². The summed E-state index contributed by atoms with van der Waals surface area (Å²) in [5, 5.41) is 0.649. The van der Waals surface area contributed by atoms with Crippen LogP contribution in [0.4, 0.5) is 11.4 Å². The molecule has 0 spiro atoms. The molecule has 0 fully saturated rings. The van der Waals surface area contributed by atoms with E-state index in [1.165, 1.54) is 18.2 Å². The number of nitrogens with two attached hydrogens (primary N) is 1. The van der Waals surface area contributed by atoms with E-state index >= 15 is 0 Å². The Morgan fingerprint density at radius 2 is 1.85 bits per heavy atom. The third-order valence-corrected chi connectivity index (χ3v) is 4.86. The van der Waals surface area contributed by atoms with Crippen LogP contribution in [0.3, 0.4) is 0 Å². The molecule has 2 aromatic carbocycles. The van der Waals surface area contributed by atoms with Gasteiger partial charge in [-0.1, -0.05) is 29.3 Å². The first-order chi connectivity index (χ1) is 9.31. The van der Waals surface area contributed by atoms with Crippen molar-refractivity contribution in [2.75, 3.05) is 10.5 Å². The highest BCUT2D eigenvalue weighted by Gasteiger charge is 2.19. The third kappa shape index (κ3) is 3.00. The second-order valence-electron chi connectivity index (χ2n) is 4.20. The molecule has 0 radical (unpaired) electrons. The minimum Gasteiger partial charge on any atom is -0.398 e. The Kier molecular flexibility index (Phi) is 4.13. The van der Waals surface area contributed by atoms with Gasteiger partial charge in [-0.25, -0.2) is 8.42 Å². The molecule has 0 heterocycles. The molecule has 0 atom stereocenters. The highest BCUT2D eigenvalue weighted by Crippen LogP contribution is 2.29. The number of benzene rings is 2. The Bertz CT molecular complexity index is 761. The Balaban J connectivity index is 2.46. The second kappa shape index (κ2) is 5.52. The first-order valence-corrected chi connectivity index (χ1v) is 7.88. The van der Waals surface area contributed by atoms with E-state index in [0.29, 0.717) is 16.3 Å². The minimum absolute atomic E-state index is 0.105. The molecule has 0 aliphatic rings. The van der Waals surface area contributed by atoms with Gasteiger partial charge in [0.1, 0.15) is 0 Å². The summed E-state index contributed by atoms with van der Waals surface area (Å²) in [6, 6.07) is 9.24. The van der Waals surface area contributed by atoms with Crippen LogP contribution in [-0.2, 0) is 10.0 Å². The fourth-order valence-corrected chi connectivity index (χ4v) is 3.44. The van der Waals surface area contributed by atoms with E-state index in [1.54, 1.807) is 25.1 Å². The number of rotatable bonds is 3. The zero-order valence-electron chi connectivity index (χ0n) is 10.5. The van der Waals surface area contributed by atoms with Crippen LogP contribution in [0, 0.1) is 6.92 Å². The van der Waals surface area contributed by atoms with Crippen molar-refractivity contribution < 1.29 is 8.42 Å². The zero-order chi connectivity index (χ0) is 14.9. The van der Waals surface area contributed by atoms with Crippen molar-refractivity contribution >= 4 is 44.6 Å². The quantitative estimate of drug-likeness (QED) is 0.843. The van der Waals surface area contributed by atoms with E-state index in [1.807, 2.05) is 0 Å². The van der Waals surface area contributed by atoms with Gasteiger partial charge in [-0.05, 0) is 42.8 Å². The van der Waals surface area contributed by atoms with Gasteiger partial charge in [0.05, 0.1) is 15.6 Å². The van der Waals surface area contributed by atoms with E-state index in [0.717, 1.165) is 0 Å². The number of nitrogen functional groups attached to an aromatic ring is 1. The van der Waals surface area contributed by atoms with Gasteiger partial charge in [-0.15, -0.1) is 0 Å². The molecule has 0 saturated heterocycles. The summed E-state index contributed by atoms with van der Waals surface area (Å²) in [4.78, 5) is 0.105. The molecular formula is C13H12Cl2N2O2S. The summed E-state index contributed by atoms with van der Waals surface area (Å²) in [5.74, 6) is 0. The van der Waals surface area contributed by atoms with Crippen molar-refractivity contribution in [1.82, 2.24) is 0 Å². The molecule has 0 aromatic heterocycles. The van der Waals surface area contributed by atoms with E-state index in [9.17, 15) is 8.42 Å². The van der Waals surface area contributed by atoms with Crippen LogP contribution >= 0.6 is 23.2 Å². The molecule has 20 heavy (non-hydrogen) atoms. The summed E-state index contributed by atoms with van der Waals surface area (Å²) < 4.78 is 27.2. The lowest BCUT2D eigenvalue weighted by molar-refractivity contribution is 0.600. The summed E-state index contributed by atoms with van der Waals surface area (Å²) in [5.41, 5.74) is 6.84. The van der Waals surface area contributed by atoms with Gasteiger partial charge in [0.2, 0.25) is 0 Å². The predicted molar refractivity (Wildman–Crippen MR) is 82.9 cm³/mol. The maximum atomic E-state index is 12.4. The first-order valence-electron chi connectivity index (χ1n) is 5.64. The molecule has 0 unspecified atom stereocenters. The molecular weight excluding hydrogens is 319 g/mol. The Labute approximate surface area is 127 Å². The van der Waals surface area contributed by atoms with Crippen LogP contribution < -0.4 is 10.5 Å². The van der Waals surface area contributed by atoms with Crippen molar-refractivity contribution in [3.05, 3.63) is 52.0 Å². The van der Waals surface area contributed by atoms with Crippen LogP contribution in [0.5, 0.6) is 0 Å². The van der Waals surface area contributed by atoms with Gasteiger partial charge in [-0.2, -0.15) is 0 Å². The molecule has 0 aliphatic carbocycles. The van der Waals surface area contributed by atoms with Crippen molar-refractivity contribution in [2.24, 2.45) is 0 Å². The van der Waals surface area contributed by atoms with E-state index in [4.69, 9.17) is 28.9 Å². The number of sulfonamides is 1. The van der Waals surface area contributed by atoms with Gasteiger partial charge in [0.25, 0.3) is 10.0 Å². The van der Waals surface area contributed by atoms with E-state index < -0.39 is 10.0 Å². The molecule has 7 heteroatoms. The van der Waals surface area contributed by atoms with Crippen LogP contribution in [0.15, 0.2) is 41.3 Å². The number of hydrogen-bond donors (Lipinski definition) is 2. The lowest BCUT2D eigenvalue weighted by atomic mass is 10.2. The fraction of sp³-hybridized carbons (Fsp3) is 0.0769. The Hall–Kier alpha value is -1.43.